The fraction of sp³-hybridized carbons (Fsp3) is 0.714. The molecular weight excluding hydrogens is 683 g/mol. The largest absolute Gasteiger partial charge is 0.461 e. The van der Waals surface area contributed by atoms with Gasteiger partial charge >= 0.3 is 23.9 Å². The maximum Gasteiger partial charge on any atom is 0.328 e. The van der Waals surface area contributed by atoms with Gasteiger partial charge in [-0.3, -0.25) is 9.59 Å². The number of hydrogen-bond donors (Lipinski definition) is 3. The lowest BCUT2D eigenvalue weighted by molar-refractivity contribution is -0.157. The minimum absolute atomic E-state index is 0.0130. The van der Waals surface area contributed by atoms with Crippen LogP contribution in [-0.4, -0.2) is 64.2 Å². The van der Waals surface area contributed by atoms with Crippen LogP contribution >= 0.6 is 34.8 Å². The molecule has 3 atom stereocenters. The predicted octanol–water partition coefficient (Wildman–Crippen LogP) is 7.87. The van der Waals surface area contributed by atoms with Crippen LogP contribution < -0.4 is 10.6 Å². The van der Waals surface area contributed by atoms with Gasteiger partial charge in [0.25, 0.3) is 0 Å². The standard InChI is InChI=1S/C35H55Cl3N2O8/c1-3-4-5-6-7-8-9-10-11-12-16-20-29(23-32(43)47-26-35(36,37)38)48-33(44)30(40-34(45)39-24-27(2)41)21-17-22-31(42)46-25-28-18-14-13-15-19-28/h13-15,18-19,27,29-30,41H,3-12,16-17,20-26H2,1-2H3,(H2,39,40,45)/t27-,29?,30-/m0/s1. The lowest BCUT2D eigenvalue weighted by atomic mass is 10.0. The smallest absolute Gasteiger partial charge is 0.328 e. The Morgan fingerprint density at radius 2 is 1.42 bits per heavy atom. The van der Waals surface area contributed by atoms with Gasteiger partial charge in [0.1, 0.15) is 25.4 Å². The Hall–Kier alpha value is -2.27. The van der Waals surface area contributed by atoms with Gasteiger partial charge in [0, 0.05) is 13.0 Å². The van der Waals surface area contributed by atoms with Gasteiger partial charge in [0.05, 0.1) is 12.5 Å². The van der Waals surface area contributed by atoms with E-state index in [0.717, 1.165) is 24.8 Å². The van der Waals surface area contributed by atoms with Crippen molar-refractivity contribution in [3.05, 3.63) is 35.9 Å². The molecule has 3 N–H and O–H groups in total. The summed E-state index contributed by atoms with van der Waals surface area (Å²) in [5.41, 5.74) is 0.847. The number of hydrogen-bond acceptors (Lipinski definition) is 8. The van der Waals surface area contributed by atoms with Gasteiger partial charge in [-0.2, -0.15) is 0 Å². The molecule has 0 aliphatic rings. The fourth-order valence-corrected chi connectivity index (χ4v) is 5.02. The molecule has 0 spiro atoms. The number of carbonyl (C=O) groups excluding carboxylic acids is 4. The van der Waals surface area contributed by atoms with Crippen molar-refractivity contribution in [1.82, 2.24) is 10.6 Å². The van der Waals surface area contributed by atoms with E-state index in [1.807, 2.05) is 30.3 Å². The maximum atomic E-state index is 13.4. The van der Waals surface area contributed by atoms with Crippen molar-refractivity contribution in [1.29, 1.82) is 0 Å². The SMILES string of the molecule is CCCCCCCCCCCCCC(CC(=O)OCC(Cl)(Cl)Cl)OC(=O)[C@H](CCCC(=O)OCc1ccccc1)NC(=O)NC[C@H](C)O. The van der Waals surface area contributed by atoms with Crippen LogP contribution in [0.2, 0.25) is 0 Å². The molecule has 0 heterocycles. The molecule has 0 fully saturated rings. The fourth-order valence-electron chi connectivity index (χ4n) is 4.85. The lowest BCUT2D eigenvalue weighted by Crippen LogP contribution is -2.48. The molecular formula is C35H55Cl3N2O8. The number of alkyl halides is 3. The number of benzene rings is 1. The van der Waals surface area contributed by atoms with E-state index < -0.39 is 52.6 Å². The molecule has 0 aliphatic heterocycles. The molecule has 0 aliphatic carbocycles. The normalized spacial score (nSPS) is 13.2. The maximum absolute atomic E-state index is 13.4. The van der Waals surface area contributed by atoms with E-state index in [0.29, 0.717) is 12.8 Å². The Balaban J connectivity index is 2.75. The number of nitrogens with one attached hydrogen (secondary N) is 2. The summed E-state index contributed by atoms with van der Waals surface area (Å²) < 4.78 is 14.4. The number of amides is 2. The highest BCUT2D eigenvalue weighted by Crippen LogP contribution is 2.26. The second-order valence-corrected chi connectivity index (χ2v) is 14.7. The molecule has 1 aromatic rings. The molecule has 0 saturated carbocycles. The molecule has 0 saturated heterocycles. The Bertz CT molecular complexity index is 1040. The Kier molecular flexibility index (Phi) is 24.2. The van der Waals surface area contributed by atoms with Gasteiger partial charge in [-0.1, -0.05) is 136 Å². The number of unbranched alkanes of at least 4 members (excludes halogenated alkanes) is 10. The molecule has 0 aromatic heterocycles. The summed E-state index contributed by atoms with van der Waals surface area (Å²) in [6.45, 7) is 3.36. The second kappa shape index (κ2) is 26.6. The highest BCUT2D eigenvalue weighted by molar-refractivity contribution is 6.67. The van der Waals surface area contributed by atoms with E-state index in [-0.39, 0.29) is 38.8 Å². The van der Waals surface area contributed by atoms with Crippen molar-refractivity contribution in [3.63, 3.8) is 0 Å². The average molecular weight is 738 g/mol. The minimum atomic E-state index is -1.78. The van der Waals surface area contributed by atoms with Crippen LogP contribution in [0, 0.1) is 0 Å². The van der Waals surface area contributed by atoms with Gasteiger partial charge in [-0.15, -0.1) is 0 Å². The van der Waals surface area contributed by atoms with Gasteiger partial charge in [-0.05, 0) is 38.2 Å². The Morgan fingerprint density at radius 3 is 2.00 bits per heavy atom. The van der Waals surface area contributed by atoms with Crippen molar-refractivity contribution >= 4 is 58.7 Å². The molecule has 48 heavy (non-hydrogen) atoms. The predicted molar refractivity (Wildman–Crippen MR) is 189 cm³/mol. The molecule has 274 valence electrons. The zero-order chi connectivity index (χ0) is 35.6. The third kappa shape index (κ3) is 24.8. The van der Waals surface area contributed by atoms with E-state index in [2.05, 4.69) is 17.6 Å². The monoisotopic (exact) mass is 736 g/mol. The number of esters is 3. The minimum Gasteiger partial charge on any atom is -0.461 e. The number of halogens is 3. The van der Waals surface area contributed by atoms with Gasteiger partial charge in [0.15, 0.2) is 0 Å². The van der Waals surface area contributed by atoms with Crippen LogP contribution in [0.1, 0.15) is 122 Å². The van der Waals surface area contributed by atoms with E-state index in [4.69, 9.17) is 49.0 Å². The molecule has 2 amide bonds. The van der Waals surface area contributed by atoms with Crippen LogP contribution in [-0.2, 0) is 35.2 Å². The van der Waals surface area contributed by atoms with Crippen molar-refractivity contribution in [2.75, 3.05) is 13.2 Å². The summed E-state index contributed by atoms with van der Waals surface area (Å²) in [6.07, 6.45) is 11.4. The summed E-state index contributed by atoms with van der Waals surface area (Å²) >= 11 is 17.1. The number of aliphatic hydroxyl groups is 1. The summed E-state index contributed by atoms with van der Waals surface area (Å²) in [4.78, 5) is 50.8. The average Bonchev–Trinajstić information content (AvgIpc) is 3.04. The highest BCUT2D eigenvalue weighted by Gasteiger charge is 2.28. The Labute approximate surface area is 301 Å². The quantitative estimate of drug-likeness (QED) is 0.0378. The number of rotatable bonds is 26. The lowest BCUT2D eigenvalue weighted by Gasteiger charge is -2.23. The number of ether oxygens (including phenoxy) is 3. The van der Waals surface area contributed by atoms with Crippen molar-refractivity contribution in [2.24, 2.45) is 0 Å². The molecule has 1 aromatic carbocycles. The van der Waals surface area contributed by atoms with Crippen LogP contribution in [0.15, 0.2) is 30.3 Å². The molecule has 1 unspecified atom stereocenters. The first kappa shape index (κ1) is 43.8. The first-order valence-corrected chi connectivity index (χ1v) is 18.4. The summed E-state index contributed by atoms with van der Waals surface area (Å²) in [5.74, 6) is -1.90. The molecule has 0 radical (unpaired) electrons. The van der Waals surface area contributed by atoms with Crippen LogP contribution in [0.5, 0.6) is 0 Å². The van der Waals surface area contributed by atoms with Gasteiger partial charge in [-0.25, -0.2) is 9.59 Å². The first-order valence-electron chi connectivity index (χ1n) is 17.2. The van der Waals surface area contributed by atoms with Crippen molar-refractivity contribution in [2.45, 2.75) is 145 Å². The summed E-state index contributed by atoms with van der Waals surface area (Å²) in [6, 6.07) is 7.43. The van der Waals surface area contributed by atoms with Crippen LogP contribution in [0.25, 0.3) is 0 Å². The topological polar surface area (TPSA) is 140 Å². The van der Waals surface area contributed by atoms with Gasteiger partial charge in [0.2, 0.25) is 3.79 Å². The van der Waals surface area contributed by atoms with Gasteiger partial charge < -0.3 is 30.0 Å². The highest BCUT2D eigenvalue weighted by atomic mass is 35.6. The summed E-state index contributed by atoms with van der Waals surface area (Å²) in [7, 11) is 0. The number of urea groups is 1. The van der Waals surface area contributed by atoms with Crippen molar-refractivity contribution < 1.29 is 38.5 Å². The first-order chi connectivity index (χ1) is 22.9. The van der Waals surface area contributed by atoms with E-state index in [1.54, 1.807) is 0 Å². The van der Waals surface area contributed by atoms with Crippen molar-refractivity contribution in [3.8, 4) is 0 Å². The second-order valence-electron chi connectivity index (χ2n) is 12.2. The van der Waals surface area contributed by atoms with E-state index in [1.165, 1.54) is 51.9 Å². The third-order valence-electron chi connectivity index (χ3n) is 7.47. The van der Waals surface area contributed by atoms with Crippen LogP contribution in [0.3, 0.4) is 0 Å². The molecule has 10 nitrogen and oxygen atoms in total. The molecule has 0 bridgehead atoms. The summed E-state index contributed by atoms with van der Waals surface area (Å²) in [5, 5.41) is 14.6. The number of aliphatic hydroxyl groups excluding tert-OH is 1. The zero-order valence-corrected chi connectivity index (χ0v) is 30.8. The van der Waals surface area contributed by atoms with E-state index >= 15 is 0 Å². The third-order valence-corrected chi connectivity index (χ3v) is 7.80. The van der Waals surface area contributed by atoms with Crippen LogP contribution in [0.4, 0.5) is 4.79 Å². The molecule has 13 heteroatoms. The zero-order valence-electron chi connectivity index (χ0n) is 28.5. The Morgan fingerprint density at radius 1 is 0.812 bits per heavy atom. The molecule has 1 rings (SSSR count). The number of carbonyl (C=O) groups is 4. The van der Waals surface area contributed by atoms with E-state index in [9.17, 15) is 24.3 Å².